The summed E-state index contributed by atoms with van der Waals surface area (Å²) in [5, 5.41) is 1.20. The van der Waals surface area contributed by atoms with Crippen molar-refractivity contribution in [2.45, 2.75) is 40.5 Å². The van der Waals surface area contributed by atoms with Gasteiger partial charge >= 0.3 is 0 Å². The van der Waals surface area contributed by atoms with Crippen molar-refractivity contribution in [2.24, 2.45) is 0 Å². The average Bonchev–Trinajstić information content (AvgIpc) is 2.51. The van der Waals surface area contributed by atoms with Crippen LogP contribution in [0.3, 0.4) is 0 Å². The first-order valence-electron chi connectivity index (χ1n) is 5.68. The summed E-state index contributed by atoms with van der Waals surface area (Å²) < 4.78 is 0. The predicted molar refractivity (Wildman–Crippen MR) is 69.8 cm³/mol. The van der Waals surface area contributed by atoms with Gasteiger partial charge in [0.25, 0.3) is 0 Å². The molecule has 16 heavy (non-hydrogen) atoms. The lowest BCUT2D eigenvalue weighted by atomic mass is 9.86. The Morgan fingerprint density at radius 3 is 2.38 bits per heavy atom. The van der Waals surface area contributed by atoms with E-state index in [2.05, 4.69) is 37.7 Å². The van der Waals surface area contributed by atoms with Crippen LogP contribution in [0.4, 0.5) is 0 Å². The molecule has 0 unspecified atom stereocenters. The van der Waals surface area contributed by atoms with Crippen LogP contribution in [0.15, 0.2) is 0 Å². The Labute approximate surface area is 97.9 Å². The number of hydrogen-bond acceptors (Lipinski definition) is 1. The van der Waals surface area contributed by atoms with Gasteiger partial charge in [0.15, 0.2) is 0 Å². The van der Waals surface area contributed by atoms with Gasteiger partial charge < -0.3 is 4.98 Å². The average molecular weight is 212 g/mol. The van der Waals surface area contributed by atoms with Crippen LogP contribution in [0.25, 0.3) is 11.0 Å². The number of aryl methyl sites for hydroxylation is 3. The van der Waals surface area contributed by atoms with E-state index in [0.717, 1.165) is 22.4 Å². The molecule has 0 saturated carbocycles. The summed E-state index contributed by atoms with van der Waals surface area (Å²) in [6.45, 7) is 10.5. The van der Waals surface area contributed by atoms with E-state index in [1.165, 1.54) is 16.6 Å². The fraction of sp³-hybridized carbons (Fsp3) is 0.462. The second kappa shape index (κ2) is 3.65. The number of nitrogens with zero attached hydrogens (tertiary/aromatic N) is 1. The molecule has 0 bridgehead atoms. The minimum atomic E-state index is 0.483. The van der Waals surface area contributed by atoms with Gasteiger partial charge in [-0.2, -0.15) is 0 Å². The topological polar surface area (TPSA) is 28.7 Å². The molecule has 0 saturated heterocycles. The highest BCUT2D eigenvalue weighted by Gasteiger charge is 2.16. The van der Waals surface area contributed by atoms with Crippen molar-refractivity contribution in [1.29, 1.82) is 0 Å². The Bertz CT molecular complexity index is 553. The van der Waals surface area contributed by atoms with Crippen LogP contribution in [0, 0.1) is 20.8 Å². The first-order valence-corrected chi connectivity index (χ1v) is 5.68. The summed E-state index contributed by atoms with van der Waals surface area (Å²) in [5.41, 5.74) is 6.37. The molecular weight excluding hydrogens is 195 g/mol. The van der Waals surface area contributed by atoms with Crippen LogP contribution < -0.4 is 5.46 Å². The van der Waals surface area contributed by atoms with E-state index < -0.39 is 0 Å². The fourth-order valence-corrected chi connectivity index (χ4v) is 2.44. The molecule has 2 aromatic rings. The lowest BCUT2D eigenvalue weighted by Crippen LogP contribution is -2.14. The Morgan fingerprint density at radius 1 is 1.19 bits per heavy atom. The van der Waals surface area contributed by atoms with Crippen LogP contribution in [0.2, 0.25) is 0 Å². The van der Waals surface area contributed by atoms with E-state index in [1.807, 2.05) is 6.92 Å². The molecule has 3 heteroatoms. The van der Waals surface area contributed by atoms with Gasteiger partial charge in [-0.25, -0.2) is 4.98 Å². The summed E-state index contributed by atoms with van der Waals surface area (Å²) in [6, 6.07) is 0. The van der Waals surface area contributed by atoms with Crippen LogP contribution in [-0.2, 0) is 0 Å². The highest BCUT2D eigenvalue weighted by molar-refractivity contribution is 6.35. The molecule has 0 aliphatic rings. The molecule has 0 fully saturated rings. The second-order valence-corrected chi connectivity index (χ2v) is 4.78. The number of fused-ring (bicyclic) bond motifs is 1. The molecule has 2 rings (SSSR count). The minimum Gasteiger partial charge on any atom is -0.343 e. The Balaban J connectivity index is 2.93. The molecule has 82 valence electrons. The third-order valence-corrected chi connectivity index (χ3v) is 3.24. The Kier molecular flexibility index (Phi) is 2.57. The molecule has 1 N–H and O–H groups in total. The van der Waals surface area contributed by atoms with Gasteiger partial charge in [0.05, 0.1) is 0 Å². The lowest BCUT2D eigenvalue weighted by Gasteiger charge is -2.10. The van der Waals surface area contributed by atoms with Crippen LogP contribution in [-0.4, -0.2) is 17.8 Å². The molecule has 2 nitrogen and oxygen atoms in total. The molecule has 2 heterocycles. The number of pyridine rings is 1. The number of nitrogens with one attached hydrogen (secondary N) is 1. The van der Waals surface area contributed by atoms with Crippen LogP contribution in [0.1, 0.15) is 42.3 Å². The lowest BCUT2D eigenvalue weighted by molar-refractivity contribution is 0.863. The molecule has 0 aliphatic carbocycles. The number of hydrogen-bond donors (Lipinski definition) is 1. The minimum absolute atomic E-state index is 0.483. The monoisotopic (exact) mass is 212 g/mol. The zero-order valence-corrected chi connectivity index (χ0v) is 10.6. The van der Waals surface area contributed by atoms with Crippen molar-refractivity contribution in [3.8, 4) is 0 Å². The molecular formula is C13H17BN2. The van der Waals surface area contributed by atoms with E-state index in [0.29, 0.717) is 5.92 Å². The SMILES string of the molecule is [B]c1c(C)nc2[nH]c(C)c(C(C)C)c2c1C. The molecule has 0 aromatic carbocycles. The normalized spacial score (nSPS) is 11.6. The highest BCUT2D eigenvalue weighted by Crippen LogP contribution is 2.29. The number of H-pyrrole nitrogens is 1. The van der Waals surface area contributed by atoms with Gasteiger partial charge in [-0.1, -0.05) is 19.3 Å². The molecule has 0 atom stereocenters. The van der Waals surface area contributed by atoms with Gasteiger partial charge in [-0.3, -0.25) is 0 Å². The maximum Gasteiger partial charge on any atom is 0.138 e. The van der Waals surface area contributed by atoms with Crippen molar-refractivity contribution in [3.05, 3.63) is 22.5 Å². The first-order chi connectivity index (χ1) is 7.43. The summed E-state index contributed by atoms with van der Waals surface area (Å²) in [4.78, 5) is 7.87. The highest BCUT2D eigenvalue weighted by atomic mass is 14.9. The summed E-state index contributed by atoms with van der Waals surface area (Å²) in [7, 11) is 6.05. The maximum absolute atomic E-state index is 6.05. The number of aromatic amines is 1. The van der Waals surface area contributed by atoms with E-state index in [9.17, 15) is 0 Å². The third-order valence-electron chi connectivity index (χ3n) is 3.24. The first kappa shape index (κ1) is 11.2. The quantitative estimate of drug-likeness (QED) is 0.722. The standard InChI is InChI=1S/C13H17BN2/c1-6(2)10-8(4)15-13-11(10)7(3)12(14)9(5)16-13/h6H,1-5H3,(H,15,16). The predicted octanol–water partition coefficient (Wildman–Crippen LogP) is 2.41. The van der Waals surface area contributed by atoms with Gasteiger partial charge in [0.1, 0.15) is 13.5 Å². The molecule has 0 amide bonds. The molecule has 0 spiro atoms. The van der Waals surface area contributed by atoms with Crippen molar-refractivity contribution in [1.82, 2.24) is 9.97 Å². The van der Waals surface area contributed by atoms with Crippen molar-refractivity contribution < 1.29 is 0 Å². The van der Waals surface area contributed by atoms with Crippen molar-refractivity contribution >= 4 is 24.3 Å². The zero-order chi connectivity index (χ0) is 12.0. The van der Waals surface area contributed by atoms with Gasteiger partial charge in [0, 0.05) is 16.8 Å². The summed E-state index contributed by atoms with van der Waals surface area (Å²) in [6.07, 6.45) is 0. The van der Waals surface area contributed by atoms with E-state index in [1.54, 1.807) is 0 Å². The third kappa shape index (κ3) is 1.46. The zero-order valence-electron chi connectivity index (χ0n) is 10.6. The molecule has 0 aliphatic heterocycles. The summed E-state index contributed by atoms with van der Waals surface area (Å²) >= 11 is 0. The Hall–Kier alpha value is -1.25. The van der Waals surface area contributed by atoms with Crippen LogP contribution >= 0.6 is 0 Å². The van der Waals surface area contributed by atoms with Crippen molar-refractivity contribution in [2.75, 3.05) is 0 Å². The van der Waals surface area contributed by atoms with E-state index in [-0.39, 0.29) is 0 Å². The van der Waals surface area contributed by atoms with Crippen molar-refractivity contribution in [3.63, 3.8) is 0 Å². The van der Waals surface area contributed by atoms with Crippen LogP contribution in [0.5, 0.6) is 0 Å². The van der Waals surface area contributed by atoms with Gasteiger partial charge in [-0.05, 0) is 37.8 Å². The van der Waals surface area contributed by atoms with Gasteiger partial charge in [0.2, 0.25) is 0 Å². The largest absolute Gasteiger partial charge is 0.343 e. The Morgan fingerprint density at radius 2 is 1.81 bits per heavy atom. The van der Waals surface area contributed by atoms with E-state index >= 15 is 0 Å². The number of rotatable bonds is 1. The second-order valence-electron chi connectivity index (χ2n) is 4.78. The fourth-order valence-electron chi connectivity index (χ4n) is 2.44. The number of aromatic nitrogens is 2. The smallest absolute Gasteiger partial charge is 0.138 e. The molecule has 2 radical (unpaired) electrons. The summed E-state index contributed by atoms with van der Waals surface area (Å²) in [5.74, 6) is 0.483. The van der Waals surface area contributed by atoms with Gasteiger partial charge in [-0.15, -0.1) is 0 Å². The molecule has 2 aromatic heterocycles. The van der Waals surface area contributed by atoms with E-state index in [4.69, 9.17) is 7.85 Å². The maximum atomic E-state index is 6.05.